The monoisotopic (exact) mass is 768 g/mol. The number of hydrogen-bond acceptors (Lipinski definition) is 10. The summed E-state index contributed by atoms with van der Waals surface area (Å²) in [7, 11) is 0. The first-order chi connectivity index (χ1) is 21.9. The number of aliphatic hydroxyl groups excluding tert-OH is 4. The molecule has 2 aliphatic rings. The van der Waals surface area contributed by atoms with Crippen LogP contribution in [0.4, 0.5) is 8.78 Å². The molecule has 260 valence electrons. The molecule has 14 nitrogen and oxygen atoms in total. The van der Waals surface area contributed by atoms with Crippen molar-refractivity contribution in [1.82, 2.24) is 19.1 Å². The smallest absolute Gasteiger partial charge is 0.392 e. The highest BCUT2D eigenvalue weighted by molar-refractivity contribution is 7.54. The third-order valence-corrected chi connectivity index (χ3v) is 6.94. The Kier molecular flexibility index (Phi) is 16.7. The van der Waals surface area contributed by atoms with E-state index in [4.69, 9.17) is 79.9 Å². The van der Waals surface area contributed by atoms with E-state index in [9.17, 15) is 48.4 Å². The lowest BCUT2D eigenvalue weighted by Crippen LogP contribution is -2.45. The second-order valence-corrected chi connectivity index (χ2v) is 12.2. The van der Waals surface area contributed by atoms with E-state index in [0.29, 0.717) is 23.4 Å². The number of rotatable bonds is 4. The molecular weight excluding hydrogens is 742 g/mol. The molecule has 0 bridgehead atoms. The minimum atomic E-state index is -1.92. The van der Waals surface area contributed by atoms with E-state index in [1.165, 1.54) is 0 Å². The van der Waals surface area contributed by atoms with E-state index >= 15 is 0 Å². The molecule has 4 unspecified atom stereocenters. The zero-order chi connectivity index (χ0) is 36.4. The molecule has 6 N–H and O–H groups in total. The van der Waals surface area contributed by atoms with Crippen molar-refractivity contribution in [2.24, 2.45) is 5.92 Å². The number of hydrogen-bond donors (Lipinski definition) is 6. The molecule has 0 spiro atoms. The van der Waals surface area contributed by atoms with Crippen molar-refractivity contribution >= 4 is 62.5 Å². The third kappa shape index (κ3) is 9.84. The second-order valence-electron chi connectivity index (χ2n) is 9.45. The minimum absolute atomic E-state index is 0.194. The second kappa shape index (κ2) is 18.4. The Bertz CT molecular complexity index is 1560. The van der Waals surface area contributed by atoms with Crippen molar-refractivity contribution in [2.75, 3.05) is 11.9 Å². The van der Waals surface area contributed by atoms with E-state index in [1.54, 1.807) is 18.8 Å². The molecule has 2 aromatic rings. The number of terminal acetylenes is 2. The lowest BCUT2D eigenvalue weighted by atomic mass is 9.85. The summed E-state index contributed by atoms with van der Waals surface area (Å²) < 4.78 is 38.6. The fourth-order valence-electron chi connectivity index (χ4n) is 4.41. The zero-order valence-electron chi connectivity index (χ0n) is 24.3. The highest BCUT2D eigenvalue weighted by atomic mass is 35.6. The molecule has 0 radical (unpaired) electrons. The van der Waals surface area contributed by atoms with Crippen molar-refractivity contribution in [3.8, 4) is 24.7 Å². The topological polar surface area (TPSA) is 209 Å². The van der Waals surface area contributed by atoms with Gasteiger partial charge >= 0.3 is 16.3 Å². The summed E-state index contributed by atoms with van der Waals surface area (Å²) in [5.74, 6) is 1.62. The molecular formula is C25H28BCl5F2N4O10. The number of alkyl halides is 2. The number of ether oxygens (including phenoxy) is 2. The first-order valence-electron chi connectivity index (χ1n) is 12.9. The number of aliphatic hydroxyl groups is 4. The van der Waals surface area contributed by atoms with Crippen molar-refractivity contribution in [3.05, 3.63) is 65.7 Å². The van der Waals surface area contributed by atoms with Crippen LogP contribution in [0, 0.1) is 42.2 Å². The number of H-pyrrole nitrogens is 2. The largest absolute Gasteiger partial charge is 0.450 e. The van der Waals surface area contributed by atoms with E-state index in [0.717, 1.165) is 4.57 Å². The molecule has 22 heteroatoms. The predicted octanol–water partition coefficient (Wildman–Crippen LogP) is 0.383. The van der Waals surface area contributed by atoms with Crippen molar-refractivity contribution in [3.63, 3.8) is 0 Å². The molecule has 4 heterocycles. The van der Waals surface area contributed by atoms with Gasteiger partial charge in [-0.2, -0.15) is 43.2 Å². The Morgan fingerprint density at radius 3 is 1.55 bits per heavy atom. The van der Waals surface area contributed by atoms with Crippen LogP contribution in [0.3, 0.4) is 0 Å². The summed E-state index contributed by atoms with van der Waals surface area (Å²) in [5, 5.41) is 39.2. The summed E-state index contributed by atoms with van der Waals surface area (Å²) in [6.07, 6.45) is 5.10. The van der Waals surface area contributed by atoms with Gasteiger partial charge in [0.25, 0.3) is 11.1 Å². The molecule has 0 amide bonds. The number of nitrogens with zero attached hydrogens (tertiary/aromatic N) is 2. The Morgan fingerprint density at radius 2 is 1.26 bits per heavy atom. The highest BCUT2D eigenvalue weighted by Crippen LogP contribution is 2.42. The van der Waals surface area contributed by atoms with Crippen LogP contribution < -0.4 is 22.5 Å². The fourth-order valence-corrected chi connectivity index (χ4v) is 4.41. The summed E-state index contributed by atoms with van der Waals surface area (Å²) in [4.78, 5) is 48.0. The van der Waals surface area contributed by atoms with Crippen molar-refractivity contribution in [2.45, 2.75) is 62.2 Å². The molecule has 4 rings (SSSR count). The van der Waals surface area contributed by atoms with Gasteiger partial charge in [0.05, 0.1) is 24.3 Å². The van der Waals surface area contributed by atoms with Crippen LogP contribution >= 0.6 is 57.6 Å². The van der Waals surface area contributed by atoms with Gasteiger partial charge in [-0.05, 0) is 6.42 Å². The molecule has 0 aliphatic carbocycles. The Balaban J connectivity index is 0.000000393. The van der Waals surface area contributed by atoms with Gasteiger partial charge in [-0.15, -0.1) is 36.0 Å². The van der Waals surface area contributed by atoms with Crippen LogP contribution in [-0.4, -0.2) is 85.9 Å². The first kappa shape index (κ1) is 42.6. The Hall–Kier alpha value is -2.39. The molecule has 8 atom stereocenters. The number of nitrogens with one attached hydrogen (secondary N) is 2. The number of halogens is 7. The van der Waals surface area contributed by atoms with E-state index in [2.05, 4.69) is 5.92 Å². The van der Waals surface area contributed by atoms with Gasteiger partial charge in [-0.1, -0.05) is 25.7 Å². The van der Waals surface area contributed by atoms with Crippen LogP contribution in [0.1, 0.15) is 32.7 Å². The molecule has 0 aromatic carbocycles. The summed E-state index contributed by atoms with van der Waals surface area (Å²) >= 11 is 23.9. The van der Waals surface area contributed by atoms with Crippen molar-refractivity contribution < 1.29 is 38.7 Å². The lowest BCUT2D eigenvalue weighted by molar-refractivity contribution is -0.0939. The molecule has 0 saturated carbocycles. The highest BCUT2D eigenvalue weighted by Gasteiger charge is 2.54. The van der Waals surface area contributed by atoms with Crippen LogP contribution in [0.2, 0.25) is 0 Å². The summed E-state index contributed by atoms with van der Waals surface area (Å²) in [5.41, 5.74) is -7.23. The average molecular weight is 771 g/mol. The lowest BCUT2D eigenvalue weighted by Gasteiger charge is -2.25. The Labute approximate surface area is 289 Å². The van der Waals surface area contributed by atoms with Crippen LogP contribution in [0.5, 0.6) is 0 Å². The van der Waals surface area contributed by atoms with Crippen LogP contribution in [-0.2, 0) is 9.47 Å². The van der Waals surface area contributed by atoms with Crippen LogP contribution in [0.15, 0.2) is 31.6 Å². The quantitative estimate of drug-likeness (QED) is 0.143. The molecule has 2 aliphatic heterocycles. The van der Waals surface area contributed by atoms with Gasteiger partial charge in [0.2, 0.25) is 11.6 Å². The summed E-state index contributed by atoms with van der Waals surface area (Å²) in [6.45, 7) is 2.67. The molecule has 47 heavy (non-hydrogen) atoms. The maximum Gasteiger partial charge on any atom is 0.450 e. The fraction of sp³-hybridized carbons (Fsp3) is 0.520. The minimum Gasteiger partial charge on any atom is -0.392 e. The SMILES string of the molecule is C#C[C@]1(CC)O[C@@H](n2cc(F)c(=O)[nH]c2=O)C(O)C1C.C#C[C@]1(CO)O[C@@H](n2cc(F)c(=O)[nH]c2=O)C(O)C1O.ClB(Cl)Cl.ClCCl. The molecule has 2 saturated heterocycles. The van der Waals surface area contributed by atoms with Gasteiger partial charge in [0.1, 0.15) is 23.9 Å². The van der Waals surface area contributed by atoms with E-state index in [-0.39, 0.29) is 5.34 Å². The van der Waals surface area contributed by atoms with E-state index < -0.39 is 93.6 Å². The van der Waals surface area contributed by atoms with E-state index in [1.807, 2.05) is 10.9 Å². The number of aromatic nitrogens is 4. The van der Waals surface area contributed by atoms with Gasteiger partial charge < -0.3 is 29.9 Å². The summed E-state index contributed by atoms with van der Waals surface area (Å²) in [6, 6.07) is 0. The van der Waals surface area contributed by atoms with Gasteiger partial charge in [-0.25, -0.2) is 9.59 Å². The standard InChI is InChI=1S/C13H15FN2O4.C11H11FN2O6.CH2Cl2.BCl3/c1-4-13(5-2)7(3)9(17)11(20-13)16-6-8(14)10(18)15-12(16)19;1-2-11(4-15)7(17)6(16)9(20-11)14-3-5(12)8(18)13-10(14)19;2-1-3;2-1(3)4/h1,6-7,9,11,17H,5H2,2-3H3,(H,15,18,19);1,3,6-7,9,15-17H,4H2,(H,13,18,19);1H2;/t7?,9?,11-,13-;6?,7?,9-,11-;;/m11../s1. The average Bonchev–Trinajstić information content (AvgIpc) is 3.42. The van der Waals surface area contributed by atoms with Gasteiger partial charge in [-0.3, -0.25) is 28.7 Å². The van der Waals surface area contributed by atoms with Crippen LogP contribution in [0.25, 0.3) is 0 Å². The molecule has 2 fully saturated rings. The third-order valence-electron chi connectivity index (χ3n) is 6.94. The van der Waals surface area contributed by atoms with Gasteiger partial charge in [0.15, 0.2) is 18.1 Å². The molecule has 2 aromatic heterocycles. The first-order valence-corrected chi connectivity index (χ1v) is 15.3. The van der Waals surface area contributed by atoms with Gasteiger partial charge in [0, 0.05) is 5.92 Å². The van der Waals surface area contributed by atoms with Crippen molar-refractivity contribution in [1.29, 1.82) is 0 Å². The predicted molar refractivity (Wildman–Crippen MR) is 170 cm³/mol. The number of aromatic amines is 2. The normalized spacial score (nSPS) is 29.1. The zero-order valence-corrected chi connectivity index (χ0v) is 28.0. The maximum atomic E-state index is 13.3. The Morgan fingerprint density at radius 1 is 0.894 bits per heavy atom. The maximum absolute atomic E-state index is 13.3.